The fourth-order valence-corrected chi connectivity index (χ4v) is 4.42. The largest absolute Gasteiger partial charge is 0.478 e. The molecule has 33 heavy (non-hydrogen) atoms. The van der Waals surface area contributed by atoms with E-state index in [1.165, 1.54) is 29.5 Å². The van der Waals surface area contributed by atoms with Gasteiger partial charge in [-0.2, -0.15) is 0 Å². The Hall–Kier alpha value is -3.64. The van der Waals surface area contributed by atoms with Crippen LogP contribution >= 0.6 is 11.8 Å². The molecule has 3 aromatic rings. The average molecular weight is 457 g/mol. The Bertz CT molecular complexity index is 1320. The number of thioether (sulfide) groups is 1. The van der Waals surface area contributed by atoms with Crippen molar-refractivity contribution < 1.29 is 14.7 Å². The molecule has 4 rings (SSSR count). The summed E-state index contributed by atoms with van der Waals surface area (Å²) in [6.07, 6.45) is 1.77. The molecule has 0 bridgehead atoms. The van der Waals surface area contributed by atoms with Gasteiger partial charge in [0.25, 0.3) is 5.91 Å². The maximum Gasteiger partial charge on any atom is 0.335 e. The number of carboxylic acids is 1. The molecule has 0 aromatic heterocycles. The molecule has 1 aliphatic rings. The first-order valence-corrected chi connectivity index (χ1v) is 11.3. The number of nitrogens with zero attached hydrogens (tertiary/aromatic N) is 2. The fraction of sp³-hybridized carbons (Fsp3) is 0.148. The number of carbonyl (C=O) groups is 2. The maximum absolute atomic E-state index is 13.5. The minimum atomic E-state index is -0.982. The van der Waals surface area contributed by atoms with Crippen molar-refractivity contribution in [1.29, 1.82) is 0 Å². The third kappa shape index (κ3) is 4.76. The number of amidine groups is 1. The Morgan fingerprint density at radius 2 is 1.52 bits per heavy atom. The summed E-state index contributed by atoms with van der Waals surface area (Å²) in [5.41, 5.74) is 7.08. The molecule has 0 unspecified atom stereocenters. The lowest BCUT2D eigenvalue weighted by Crippen LogP contribution is -2.28. The van der Waals surface area contributed by atoms with E-state index < -0.39 is 5.97 Å². The third-order valence-corrected chi connectivity index (χ3v) is 6.69. The van der Waals surface area contributed by atoms with Crippen molar-refractivity contribution in [1.82, 2.24) is 0 Å². The highest BCUT2D eigenvalue weighted by atomic mass is 32.2. The number of hydrogen-bond acceptors (Lipinski definition) is 4. The monoisotopic (exact) mass is 456 g/mol. The summed E-state index contributed by atoms with van der Waals surface area (Å²) in [4.78, 5) is 31.6. The molecule has 0 saturated carbocycles. The first-order chi connectivity index (χ1) is 15.7. The maximum atomic E-state index is 13.5. The van der Waals surface area contributed by atoms with E-state index in [4.69, 9.17) is 10.1 Å². The van der Waals surface area contributed by atoms with Crippen LogP contribution in [0.15, 0.2) is 70.6 Å². The number of aliphatic imine (C=N–C) groups is 1. The average Bonchev–Trinajstić information content (AvgIpc) is 3.07. The van der Waals surface area contributed by atoms with Gasteiger partial charge in [-0.15, -0.1) is 0 Å². The van der Waals surface area contributed by atoms with Gasteiger partial charge < -0.3 is 5.11 Å². The summed E-state index contributed by atoms with van der Waals surface area (Å²) in [6, 6.07) is 18.4. The molecule has 1 heterocycles. The summed E-state index contributed by atoms with van der Waals surface area (Å²) in [7, 11) is 0. The Kier molecular flexibility index (Phi) is 6.20. The van der Waals surface area contributed by atoms with Crippen LogP contribution in [0.1, 0.15) is 38.2 Å². The van der Waals surface area contributed by atoms with Crippen molar-refractivity contribution in [3.05, 3.63) is 98.9 Å². The van der Waals surface area contributed by atoms with E-state index in [1.54, 1.807) is 23.1 Å². The number of anilines is 1. The SMILES string of the molecule is Cc1ccc(N=C2SC(=Cc3ccc(C(=O)O)cc3)C(=O)N2c2ccc(C)c(C)c2)cc1C. The summed E-state index contributed by atoms with van der Waals surface area (Å²) < 4.78 is 0. The molecule has 166 valence electrons. The molecule has 1 amide bonds. The van der Waals surface area contributed by atoms with Crippen molar-refractivity contribution in [3.8, 4) is 0 Å². The van der Waals surface area contributed by atoms with Gasteiger partial charge in [0.05, 0.1) is 21.8 Å². The predicted molar refractivity (Wildman–Crippen MR) is 135 cm³/mol. The summed E-state index contributed by atoms with van der Waals surface area (Å²) in [6.45, 7) is 8.15. The minimum absolute atomic E-state index is 0.159. The second kappa shape index (κ2) is 9.08. The number of carboxylic acid groups (broad SMARTS) is 1. The topological polar surface area (TPSA) is 70.0 Å². The Balaban J connectivity index is 1.77. The molecule has 5 nitrogen and oxygen atoms in total. The molecule has 0 atom stereocenters. The van der Waals surface area contributed by atoms with Crippen LogP contribution < -0.4 is 4.90 Å². The zero-order valence-electron chi connectivity index (χ0n) is 18.9. The molecule has 1 fully saturated rings. The number of aromatic carboxylic acids is 1. The van der Waals surface area contributed by atoms with E-state index in [-0.39, 0.29) is 11.5 Å². The Morgan fingerprint density at radius 3 is 2.12 bits per heavy atom. The molecule has 1 aliphatic heterocycles. The normalized spacial score (nSPS) is 16.1. The Labute approximate surface area is 197 Å². The van der Waals surface area contributed by atoms with Crippen molar-refractivity contribution >= 4 is 46.3 Å². The summed E-state index contributed by atoms with van der Waals surface area (Å²) in [5, 5.41) is 9.70. The van der Waals surface area contributed by atoms with E-state index in [0.717, 1.165) is 33.6 Å². The molecular formula is C27H24N2O3S. The van der Waals surface area contributed by atoms with Crippen molar-refractivity contribution in [3.63, 3.8) is 0 Å². The molecule has 0 radical (unpaired) electrons. The fourth-order valence-electron chi connectivity index (χ4n) is 3.42. The van der Waals surface area contributed by atoms with Gasteiger partial charge in [0, 0.05) is 0 Å². The van der Waals surface area contributed by atoms with Gasteiger partial charge in [0.2, 0.25) is 0 Å². The van der Waals surface area contributed by atoms with Gasteiger partial charge in [-0.3, -0.25) is 9.69 Å². The number of amides is 1. The van der Waals surface area contributed by atoms with E-state index in [2.05, 4.69) is 6.92 Å². The van der Waals surface area contributed by atoms with Crippen molar-refractivity contribution in [2.24, 2.45) is 4.99 Å². The van der Waals surface area contributed by atoms with Gasteiger partial charge in [0.15, 0.2) is 5.17 Å². The molecule has 0 aliphatic carbocycles. The van der Waals surface area contributed by atoms with E-state index in [9.17, 15) is 9.59 Å². The number of hydrogen-bond donors (Lipinski definition) is 1. The highest BCUT2D eigenvalue weighted by molar-refractivity contribution is 8.19. The lowest BCUT2D eigenvalue weighted by molar-refractivity contribution is -0.113. The number of rotatable bonds is 4. The Morgan fingerprint density at radius 1 is 0.879 bits per heavy atom. The van der Waals surface area contributed by atoms with Gasteiger partial charge in [-0.05, 0) is 110 Å². The minimum Gasteiger partial charge on any atom is -0.478 e. The van der Waals surface area contributed by atoms with Crippen LogP contribution in [-0.4, -0.2) is 22.2 Å². The lowest BCUT2D eigenvalue weighted by atomic mass is 10.1. The van der Waals surface area contributed by atoms with E-state index in [0.29, 0.717) is 10.1 Å². The number of carbonyl (C=O) groups excluding carboxylic acids is 1. The highest BCUT2D eigenvalue weighted by Crippen LogP contribution is 2.38. The second-order valence-corrected chi connectivity index (χ2v) is 9.12. The quantitative estimate of drug-likeness (QED) is 0.460. The molecular weight excluding hydrogens is 432 g/mol. The molecule has 0 spiro atoms. The van der Waals surface area contributed by atoms with Crippen molar-refractivity contribution in [2.75, 3.05) is 4.90 Å². The van der Waals surface area contributed by atoms with Crippen LogP contribution in [0.5, 0.6) is 0 Å². The van der Waals surface area contributed by atoms with E-state index >= 15 is 0 Å². The number of aryl methyl sites for hydroxylation is 4. The summed E-state index contributed by atoms with van der Waals surface area (Å²) >= 11 is 1.31. The van der Waals surface area contributed by atoms with Crippen LogP contribution in [-0.2, 0) is 4.79 Å². The van der Waals surface area contributed by atoms with E-state index in [1.807, 2.05) is 57.2 Å². The van der Waals surface area contributed by atoms with Crippen LogP contribution in [0.3, 0.4) is 0 Å². The van der Waals surface area contributed by atoms with Crippen LogP contribution in [0, 0.1) is 27.7 Å². The summed E-state index contributed by atoms with van der Waals surface area (Å²) in [5.74, 6) is -1.14. The standard InChI is InChI=1S/C27H24N2O3S/c1-16-5-11-22(13-18(16)3)28-27-29(23-12-6-17(2)19(4)14-23)25(30)24(33-27)15-20-7-9-21(10-8-20)26(31)32/h5-15H,1-4H3,(H,31,32). The zero-order valence-corrected chi connectivity index (χ0v) is 19.7. The number of benzene rings is 3. The first kappa shape index (κ1) is 22.6. The van der Waals surface area contributed by atoms with Crippen LogP contribution in [0.4, 0.5) is 11.4 Å². The third-order valence-electron chi connectivity index (χ3n) is 5.73. The molecule has 6 heteroatoms. The first-order valence-electron chi connectivity index (χ1n) is 10.5. The van der Waals surface area contributed by atoms with Gasteiger partial charge in [-0.25, -0.2) is 9.79 Å². The van der Waals surface area contributed by atoms with Gasteiger partial charge >= 0.3 is 5.97 Å². The van der Waals surface area contributed by atoms with Crippen LogP contribution in [0.2, 0.25) is 0 Å². The zero-order chi connectivity index (χ0) is 23.7. The predicted octanol–water partition coefficient (Wildman–Crippen LogP) is 6.43. The van der Waals surface area contributed by atoms with Crippen molar-refractivity contribution in [2.45, 2.75) is 27.7 Å². The molecule has 1 N–H and O–H groups in total. The van der Waals surface area contributed by atoms with Crippen LogP contribution in [0.25, 0.3) is 6.08 Å². The highest BCUT2D eigenvalue weighted by Gasteiger charge is 2.35. The second-order valence-electron chi connectivity index (χ2n) is 8.11. The lowest BCUT2D eigenvalue weighted by Gasteiger charge is -2.17. The molecule has 1 saturated heterocycles. The van der Waals surface area contributed by atoms with Gasteiger partial charge in [-0.1, -0.05) is 24.3 Å². The smallest absolute Gasteiger partial charge is 0.335 e. The molecule has 3 aromatic carbocycles. The van der Waals surface area contributed by atoms with Gasteiger partial charge in [0.1, 0.15) is 0 Å².